The molecule has 10 aromatic rings. The summed E-state index contributed by atoms with van der Waals surface area (Å²) in [7, 11) is 0. The Balaban J connectivity index is 1.18. The fourth-order valence-electron chi connectivity index (χ4n) is 10.2. The summed E-state index contributed by atoms with van der Waals surface area (Å²) >= 11 is 0. The van der Waals surface area contributed by atoms with E-state index in [0.29, 0.717) is 17.7 Å². The molecule has 0 bridgehead atoms. The van der Waals surface area contributed by atoms with Gasteiger partial charge in [-0.1, -0.05) is 179 Å². The topological polar surface area (TPSA) is 37.4 Å². The number of amides is 2. The number of hydrogen-bond donors (Lipinski definition) is 0. The molecule has 0 aliphatic carbocycles. The zero-order valence-corrected chi connectivity index (χ0v) is 33.2. The second kappa shape index (κ2) is 14.2. The van der Waals surface area contributed by atoms with E-state index in [1.54, 1.807) is 0 Å². The molecule has 0 aromatic heterocycles. The van der Waals surface area contributed by atoms with Gasteiger partial charge in [0.15, 0.2) is 0 Å². The summed E-state index contributed by atoms with van der Waals surface area (Å²) in [4.78, 5) is 29.6. The maximum Gasteiger partial charge on any atom is 0.261 e. The molecule has 1 aliphatic heterocycles. The van der Waals surface area contributed by atoms with Crippen LogP contribution in [0, 0.1) is 0 Å². The summed E-state index contributed by atoms with van der Waals surface area (Å²) in [5.41, 5.74) is 8.03. The van der Waals surface area contributed by atoms with Crippen molar-refractivity contribution >= 4 is 76.4 Å². The fraction of sp³-hybridized carbons (Fsp3) is 0.143. The van der Waals surface area contributed by atoms with Gasteiger partial charge in [0.25, 0.3) is 11.8 Å². The summed E-state index contributed by atoms with van der Waals surface area (Å²) in [6.45, 7) is 2.67. The number of carbonyl (C=O) groups excluding carboxylic acids is 2. The number of carbonyl (C=O) groups is 2. The van der Waals surface area contributed by atoms with E-state index in [1.807, 2.05) is 18.2 Å². The molecule has 0 radical (unpaired) electrons. The summed E-state index contributed by atoms with van der Waals surface area (Å²) in [5, 5.41) is 14.1. The highest BCUT2D eigenvalue weighted by Gasteiger charge is 2.33. The number of fused-ring (bicyclic) bond motifs is 4. The Kier molecular flexibility index (Phi) is 8.51. The van der Waals surface area contributed by atoms with Crippen LogP contribution in [-0.2, 0) is 0 Å². The lowest BCUT2D eigenvalue weighted by molar-refractivity contribution is 0.0607. The highest BCUT2D eigenvalue weighted by molar-refractivity contribution is 6.41. The first-order valence-corrected chi connectivity index (χ1v) is 21.2. The van der Waals surface area contributed by atoms with E-state index in [4.69, 9.17) is 0 Å². The second-order valence-corrected chi connectivity index (χ2v) is 16.3. The first kappa shape index (κ1) is 35.3. The first-order chi connectivity index (χ1) is 29.1. The molecule has 3 heteroatoms. The smallest absolute Gasteiger partial charge is 0.261 e. The average molecular weight is 762 g/mol. The normalized spacial score (nSPS) is 13.0. The number of benzene rings is 10. The van der Waals surface area contributed by atoms with Gasteiger partial charge in [-0.2, -0.15) is 0 Å². The average Bonchev–Trinajstić information content (AvgIpc) is 3.29. The molecule has 3 nitrogen and oxygen atoms in total. The van der Waals surface area contributed by atoms with Gasteiger partial charge >= 0.3 is 0 Å². The molecule has 284 valence electrons. The van der Waals surface area contributed by atoms with Crippen molar-refractivity contribution in [2.75, 3.05) is 6.54 Å². The standard InChI is InChI=1S/C56H43NO2/c1-2-3-4-5-6-13-33-57-55(58)45-26-16-23-41-40(31-32-46(52(41)45)56(57)59)39-29-30-42-47(34-39)51(36-19-11-8-12-20-36)54-44-25-15-22-38-28-27-37-21-14-24-43(49(37)50(38)44)53(54)48(42)35-17-9-7-10-18-35/h7-12,14-32,34H,2-6,13,33H2,1H3. The molecule has 0 atom stereocenters. The Hall–Kier alpha value is -6.84. The Morgan fingerprint density at radius 3 is 1.56 bits per heavy atom. The molecule has 1 aliphatic rings. The molecule has 0 fully saturated rings. The van der Waals surface area contributed by atoms with Crippen LogP contribution in [-0.4, -0.2) is 23.3 Å². The molecule has 59 heavy (non-hydrogen) atoms. The van der Waals surface area contributed by atoms with E-state index in [1.165, 1.54) is 89.3 Å². The Labute approximate surface area is 343 Å². The van der Waals surface area contributed by atoms with Crippen LogP contribution in [0.5, 0.6) is 0 Å². The summed E-state index contributed by atoms with van der Waals surface area (Å²) in [5.74, 6) is -0.375. The maximum atomic E-state index is 14.1. The molecule has 0 spiro atoms. The lowest BCUT2D eigenvalue weighted by Gasteiger charge is -2.28. The van der Waals surface area contributed by atoms with Crippen molar-refractivity contribution in [1.82, 2.24) is 4.90 Å². The third-order valence-corrected chi connectivity index (χ3v) is 12.9. The van der Waals surface area contributed by atoms with Crippen molar-refractivity contribution in [2.24, 2.45) is 0 Å². The van der Waals surface area contributed by atoms with Crippen molar-refractivity contribution in [3.05, 3.63) is 169 Å². The van der Waals surface area contributed by atoms with Gasteiger partial charge in [-0.3, -0.25) is 14.5 Å². The van der Waals surface area contributed by atoms with E-state index >= 15 is 0 Å². The lowest BCUT2D eigenvalue weighted by Crippen LogP contribution is -2.40. The minimum Gasteiger partial charge on any atom is -0.274 e. The summed E-state index contributed by atoms with van der Waals surface area (Å²) in [6.07, 6.45) is 6.59. The van der Waals surface area contributed by atoms with Crippen LogP contribution in [0.2, 0.25) is 0 Å². The number of imide groups is 1. The molecule has 0 unspecified atom stereocenters. The third-order valence-electron chi connectivity index (χ3n) is 12.9. The summed E-state index contributed by atoms with van der Waals surface area (Å²) in [6, 6.07) is 56.6. The van der Waals surface area contributed by atoms with Gasteiger partial charge in [0, 0.05) is 23.1 Å². The van der Waals surface area contributed by atoms with Gasteiger partial charge in [0.1, 0.15) is 0 Å². The minimum absolute atomic E-state index is 0.188. The van der Waals surface area contributed by atoms with Crippen molar-refractivity contribution in [3.8, 4) is 33.4 Å². The van der Waals surface area contributed by atoms with Gasteiger partial charge in [-0.15, -0.1) is 0 Å². The van der Waals surface area contributed by atoms with Crippen molar-refractivity contribution in [3.63, 3.8) is 0 Å². The number of rotatable bonds is 10. The fourth-order valence-corrected chi connectivity index (χ4v) is 10.2. The second-order valence-electron chi connectivity index (χ2n) is 16.3. The number of unbranched alkanes of at least 4 members (excludes halogenated alkanes) is 5. The maximum absolute atomic E-state index is 14.1. The van der Waals surface area contributed by atoms with Crippen LogP contribution in [0.1, 0.15) is 66.2 Å². The third kappa shape index (κ3) is 5.48. The molecule has 11 rings (SSSR count). The van der Waals surface area contributed by atoms with E-state index in [2.05, 4.69) is 146 Å². The molecule has 1 heterocycles. The van der Waals surface area contributed by atoms with Crippen LogP contribution in [0.3, 0.4) is 0 Å². The van der Waals surface area contributed by atoms with Gasteiger partial charge in [-0.25, -0.2) is 0 Å². The molecule has 10 aromatic carbocycles. The van der Waals surface area contributed by atoms with Crippen molar-refractivity contribution < 1.29 is 9.59 Å². The van der Waals surface area contributed by atoms with E-state index in [0.717, 1.165) is 52.1 Å². The van der Waals surface area contributed by atoms with Crippen molar-refractivity contribution in [2.45, 2.75) is 45.4 Å². The van der Waals surface area contributed by atoms with E-state index in [9.17, 15) is 9.59 Å². The first-order valence-electron chi connectivity index (χ1n) is 21.2. The summed E-state index contributed by atoms with van der Waals surface area (Å²) < 4.78 is 0. The van der Waals surface area contributed by atoms with Crippen molar-refractivity contribution in [1.29, 1.82) is 0 Å². The molecule has 0 saturated heterocycles. The van der Waals surface area contributed by atoms with Gasteiger partial charge in [0.2, 0.25) is 0 Å². The SMILES string of the molecule is CCCCCCCCN1C(=O)c2cccc3c(-c4ccc5c(-c6ccccc6)c6c7cccc8ccc9cccc(c6c(-c6ccccc6)c5c4)c9c87)ccc(c23)C1=O. The van der Waals surface area contributed by atoms with Crippen LogP contribution >= 0.6 is 0 Å². The van der Waals surface area contributed by atoms with Gasteiger partial charge in [0.05, 0.1) is 0 Å². The quantitative estimate of drug-likeness (QED) is 0.0602. The molecule has 0 saturated carbocycles. The predicted molar refractivity (Wildman–Crippen MR) is 248 cm³/mol. The molecular weight excluding hydrogens is 719 g/mol. The monoisotopic (exact) mass is 761 g/mol. The number of hydrogen-bond acceptors (Lipinski definition) is 2. The largest absolute Gasteiger partial charge is 0.274 e. The van der Waals surface area contributed by atoms with E-state index < -0.39 is 0 Å². The minimum atomic E-state index is -0.188. The Morgan fingerprint density at radius 1 is 0.373 bits per heavy atom. The zero-order chi connectivity index (χ0) is 39.6. The van der Waals surface area contributed by atoms with E-state index in [-0.39, 0.29) is 11.8 Å². The molecule has 0 N–H and O–H groups in total. The lowest BCUT2D eigenvalue weighted by atomic mass is 9.79. The molecule has 2 amide bonds. The highest BCUT2D eigenvalue weighted by Crippen LogP contribution is 2.52. The van der Waals surface area contributed by atoms with Gasteiger partial charge < -0.3 is 0 Å². The Bertz CT molecular complexity index is 3270. The predicted octanol–water partition coefficient (Wildman–Crippen LogP) is 15.0. The van der Waals surface area contributed by atoms with Crippen LogP contribution < -0.4 is 0 Å². The van der Waals surface area contributed by atoms with Crippen LogP contribution in [0.4, 0.5) is 0 Å². The van der Waals surface area contributed by atoms with Gasteiger partial charge in [-0.05, 0) is 117 Å². The Morgan fingerprint density at radius 2 is 0.915 bits per heavy atom. The highest BCUT2D eigenvalue weighted by atomic mass is 16.2. The molecular formula is C56H43NO2. The number of nitrogens with zero attached hydrogens (tertiary/aromatic N) is 1. The zero-order valence-electron chi connectivity index (χ0n) is 33.2. The van der Waals surface area contributed by atoms with Crippen LogP contribution in [0.25, 0.3) is 98.0 Å². The van der Waals surface area contributed by atoms with Crippen LogP contribution in [0.15, 0.2) is 158 Å².